The van der Waals surface area contributed by atoms with Gasteiger partial charge in [-0.25, -0.2) is 0 Å². The van der Waals surface area contributed by atoms with Crippen LogP contribution in [-0.4, -0.2) is 27.8 Å². The van der Waals surface area contributed by atoms with Crippen LogP contribution in [0.3, 0.4) is 0 Å². The molecule has 1 aromatic heterocycles. The second kappa shape index (κ2) is 9.73. The van der Waals surface area contributed by atoms with Crippen molar-refractivity contribution in [2.45, 2.75) is 18.2 Å². The van der Waals surface area contributed by atoms with Gasteiger partial charge in [0.05, 0.1) is 5.75 Å². The Kier molecular flexibility index (Phi) is 7.08. The summed E-state index contributed by atoms with van der Waals surface area (Å²) < 4.78 is 0.632. The Labute approximate surface area is 181 Å². The number of hydrogen-bond acceptors (Lipinski definition) is 7. The Morgan fingerprint density at radius 2 is 1.83 bits per heavy atom. The second-order valence-corrected chi connectivity index (χ2v) is 8.67. The number of nitrogens with zero attached hydrogens (tertiary/aromatic N) is 2. The Morgan fingerprint density at radius 1 is 1.07 bits per heavy atom. The fourth-order valence-electron chi connectivity index (χ4n) is 2.24. The topological polar surface area (TPSA) is 96.0 Å². The van der Waals surface area contributed by atoms with Gasteiger partial charge in [-0.3, -0.25) is 20.4 Å². The van der Waals surface area contributed by atoms with Crippen molar-refractivity contribution in [2.75, 3.05) is 11.1 Å². The first-order valence-corrected chi connectivity index (χ1v) is 10.7. The normalized spacial score (nSPS) is 10.4. The van der Waals surface area contributed by atoms with E-state index in [2.05, 4.69) is 26.4 Å². The molecule has 150 valence electrons. The quantitative estimate of drug-likeness (QED) is 0.389. The van der Waals surface area contributed by atoms with Gasteiger partial charge in [0.15, 0.2) is 4.34 Å². The van der Waals surface area contributed by atoms with Crippen LogP contribution in [0.4, 0.5) is 10.8 Å². The van der Waals surface area contributed by atoms with Gasteiger partial charge in [-0.1, -0.05) is 58.5 Å². The zero-order valence-corrected chi connectivity index (χ0v) is 18.0. The van der Waals surface area contributed by atoms with Gasteiger partial charge in [-0.05, 0) is 43.7 Å². The number of carbonyl (C=O) groups excluding carboxylic acids is 2. The average molecular weight is 448 g/mol. The molecule has 0 bridgehead atoms. The van der Waals surface area contributed by atoms with Crippen LogP contribution in [-0.2, 0) is 4.79 Å². The summed E-state index contributed by atoms with van der Waals surface area (Å²) in [5.74, 6) is -0.618. The summed E-state index contributed by atoms with van der Waals surface area (Å²) in [4.78, 5) is 24.0. The molecule has 0 aliphatic rings. The predicted octanol–water partition coefficient (Wildman–Crippen LogP) is 4.11. The van der Waals surface area contributed by atoms with Crippen LogP contribution < -0.4 is 16.2 Å². The van der Waals surface area contributed by atoms with E-state index in [9.17, 15) is 9.59 Å². The zero-order chi connectivity index (χ0) is 20.8. The molecule has 0 atom stereocenters. The van der Waals surface area contributed by atoms with Gasteiger partial charge in [0.1, 0.15) is 0 Å². The van der Waals surface area contributed by atoms with Crippen LogP contribution in [0.25, 0.3) is 0 Å². The number of carbonyl (C=O) groups is 2. The van der Waals surface area contributed by atoms with Crippen LogP contribution in [0.1, 0.15) is 21.5 Å². The smallest absolute Gasteiger partial charge is 0.269 e. The minimum atomic E-state index is -0.373. The maximum Gasteiger partial charge on any atom is 0.269 e. The SMILES string of the molecule is Cc1ccc(C(=O)NNC(=O)CSc2nnc(Nc3cccc(Cl)c3C)s2)cc1. The van der Waals surface area contributed by atoms with E-state index in [4.69, 9.17) is 11.6 Å². The fourth-order valence-corrected chi connectivity index (χ4v) is 3.98. The monoisotopic (exact) mass is 447 g/mol. The molecule has 0 unspecified atom stereocenters. The number of amides is 2. The van der Waals surface area contributed by atoms with E-state index in [1.165, 1.54) is 23.1 Å². The van der Waals surface area contributed by atoms with E-state index in [0.717, 1.165) is 16.8 Å². The van der Waals surface area contributed by atoms with Crippen molar-refractivity contribution in [3.8, 4) is 0 Å². The Hall–Kier alpha value is -2.62. The summed E-state index contributed by atoms with van der Waals surface area (Å²) in [7, 11) is 0. The lowest BCUT2D eigenvalue weighted by molar-refractivity contribution is -0.119. The van der Waals surface area contributed by atoms with E-state index in [1.54, 1.807) is 12.1 Å². The molecule has 0 aliphatic carbocycles. The largest absolute Gasteiger partial charge is 0.330 e. The minimum absolute atomic E-state index is 0.0962. The number of aryl methyl sites for hydroxylation is 1. The lowest BCUT2D eigenvalue weighted by Gasteiger charge is -2.07. The van der Waals surface area contributed by atoms with Gasteiger partial charge < -0.3 is 5.32 Å². The van der Waals surface area contributed by atoms with Crippen molar-refractivity contribution >= 4 is 57.3 Å². The summed E-state index contributed by atoms with van der Waals surface area (Å²) in [5, 5.41) is 12.6. The Bertz CT molecular complexity index is 1020. The molecule has 0 fully saturated rings. The van der Waals surface area contributed by atoms with Gasteiger partial charge >= 0.3 is 0 Å². The maximum atomic E-state index is 12.0. The highest BCUT2D eigenvalue weighted by atomic mass is 35.5. The number of anilines is 2. The van der Waals surface area contributed by atoms with Gasteiger partial charge in [0.2, 0.25) is 11.0 Å². The van der Waals surface area contributed by atoms with Crippen molar-refractivity contribution < 1.29 is 9.59 Å². The van der Waals surface area contributed by atoms with E-state index in [1.807, 2.05) is 44.2 Å². The van der Waals surface area contributed by atoms with Crippen molar-refractivity contribution in [3.05, 3.63) is 64.2 Å². The first kappa shape index (κ1) is 21.1. The average Bonchev–Trinajstić information content (AvgIpc) is 3.16. The fraction of sp³-hybridized carbons (Fsp3) is 0.158. The number of nitrogens with one attached hydrogen (secondary N) is 3. The number of thioether (sulfide) groups is 1. The summed E-state index contributed by atoms with van der Waals surface area (Å²) >= 11 is 8.67. The highest BCUT2D eigenvalue weighted by Crippen LogP contribution is 2.30. The molecular formula is C19H18ClN5O2S2. The van der Waals surface area contributed by atoms with Crippen LogP contribution in [0.15, 0.2) is 46.8 Å². The number of aromatic nitrogens is 2. The number of hydrogen-bond donors (Lipinski definition) is 3. The molecule has 10 heteroatoms. The summed E-state index contributed by atoms with van der Waals surface area (Å²) in [5.41, 5.74) is 8.08. The molecule has 2 amide bonds. The summed E-state index contributed by atoms with van der Waals surface area (Å²) in [6.45, 7) is 3.85. The van der Waals surface area contributed by atoms with Gasteiger partial charge in [-0.15, -0.1) is 10.2 Å². The molecule has 0 saturated carbocycles. The Morgan fingerprint density at radius 3 is 2.59 bits per heavy atom. The molecule has 0 saturated heterocycles. The first-order valence-electron chi connectivity index (χ1n) is 8.56. The lowest BCUT2D eigenvalue weighted by Crippen LogP contribution is -2.42. The first-order chi connectivity index (χ1) is 13.9. The zero-order valence-electron chi connectivity index (χ0n) is 15.7. The van der Waals surface area contributed by atoms with E-state index < -0.39 is 0 Å². The third-order valence-corrected chi connectivity index (χ3v) is 6.25. The summed E-state index contributed by atoms with van der Waals surface area (Å²) in [6, 6.07) is 12.6. The maximum absolute atomic E-state index is 12.0. The molecule has 7 nitrogen and oxygen atoms in total. The minimum Gasteiger partial charge on any atom is -0.330 e. The highest BCUT2D eigenvalue weighted by molar-refractivity contribution is 8.01. The van der Waals surface area contributed by atoms with Crippen molar-refractivity contribution in [1.82, 2.24) is 21.0 Å². The van der Waals surface area contributed by atoms with E-state index in [0.29, 0.717) is 20.1 Å². The molecule has 3 N–H and O–H groups in total. The van der Waals surface area contributed by atoms with Crippen molar-refractivity contribution in [1.29, 1.82) is 0 Å². The van der Waals surface area contributed by atoms with Crippen LogP contribution >= 0.6 is 34.7 Å². The highest BCUT2D eigenvalue weighted by Gasteiger charge is 2.11. The third kappa shape index (κ3) is 5.93. The van der Waals surface area contributed by atoms with Crippen molar-refractivity contribution in [2.24, 2.45) is 0 Å². The lowest BCUT2D eigenvalue weighted by atomic mass is 10.1. The van der Waals surface area contributed by atoms with Gasteiger partial charge in [0, 0.05) is 16.3 Å². The summed E-state index contributed by atoms with van der Waals surface area (Å²) in [6.07, 6.45) is 0. The standard InChI is InChI=1S/C19H18ClN5O2S2/c1-11-6-8-13(9-7-11)17(27)23-22-16(26)10-28-19-25-24-18(29-19)21-15-5-3-4-14(20)12(15)2/h3-9H,10H2,1-2H3,(H,21,24)(H,22,26)(H,23,27). The number of benzene rings is 2. The molecule has 0 radical (unpaired) electrons. The van der Waals surface area contributed by atoms with Gasteiger partial charge in [-0.2, -0.15) is 0 Å². The Balaban J connectivity index is 1.46. The van der Waals surface area contributed by atoms with E-state index in [-0.39, 0.29) is 17.6 Å². The number of rotatable bonds is 6. The molecule has 3 rings (SSSR count). The molecule has 0 aliphatic heterocycles. The third-order valence-electron chi connectivity index (χ3n) is 3.87. The van der Waals surface area contributed by atoms with Crippen molar-refractivity contribution in [3.63, 3.8) is 0 Å². The van der Waals surface area contributed by atoms with Crippen LogP contribution in [0.2, 0.25) is 5.02 Å². The molecule has 3 aromatic rings. The molecule has 29 heavy (non-hydrogen) atoms. The molecular weight excluding hydrogens is 430 g/mol. The molecule has 0 spiro atoms. The molecule has 2 aromatic carbocycles. The second-order valence-electron chi connectivity index (χ2n) is 6.07. The van der Waals surface area contributed by atoms with E-state index >= 15 is 0 Å². The molecule has 1 heterocycles. The van der Waals surface area contributed by atoms with Gasteiger partial charge in [0.25, 0.3) is 5.91 Å². The van der Waals surface area contributed by atoms with Crippen LogP contribution in [0, 0.1) is 13.8 Å². The predicted molar refractivity (Wildman–Crippen MR) is 117 cm³/mol. The number of hydrazine groups is 1. The number of halogens is 1. The van der Waals surface area contributed by atoms with Crippen LogP contribution in [0.5, 0.6) is 0 Å².